The zero-order valence-electron chi connectivity index (χ0n) is 13.9. The van der Waals surface area contributed by atoms with E-state index in [4.69, 9.17) is 10.00 Å². The number of nitrogens with one attached hydrogen (secondary N) is 1. The van der Waals surface area contributed by atoms with Gasteiger partial charge in [0.05, 0.1) is 17.2 Å². The van der Waals surface area contributed by atoms with Crippen LogP contribution in [0.25, 0.3) is 0 Å². The van der Waals surface area contributed by atoms with Crippen LogP contribution in [0, 0.1) is 11.3 Å². The summed E-state index contributed by atoms with van der Waals surface area (Å²) in [6, 6.07) is 13.2. The zero-order chi connectivity index (χ0) is 19.3. The molecule has 1 aromatic carbocycles. The number of rotatable bonds is 5. The average Bonchev–Trinajstić information content (AvgIpc) is 2.67. The number of aromatic nitrogens is 2. The number of hydrogen-bond donors (Lipinski definition) is 1. The van der Waals surface area contributed by atoms with Gasteiger partial charge in [-0.3, -0.25) is 0 Å². The summed E-state index contributed by atoms with van der Waals surface area (Å²) in [4.78, 5) is 8.20. The predicted molar refractivity (Wildman–Crippen MR) is 92.0 cm³/mol. The van der Waals surface area contributed by atoms with Gasteiger partial charge in [0, 0.05) is 24.5 Å². The van der Waals surface area contributed by atoms with E-state index in [9.17, 15) is 13.2 Å². The monoisotopic (exact) mass is 370 g/mol. The van der Waals surface area contributed by atoms with E-state index in [1.54, 1.807) is 24.3 Å². The maximum absolute atomic E-state index is 12.8. The average molecular weight is 370 g/mol. The summed E-state index contributed by atoms with van der Waals surface area (Å²) in [6.07, 6.45) is -1.46. The third-order valence-electron chi connectivity index (χ3n) is 3.57. The molecule has 0 bridgehead atoms. The molecule has 0 aliphatic rings. The molecular formula is C19H13F3N4O. The molecule has 136 valence electrons. The summed E-state index contributed by atoms with van der Waals surface area (Å²) in [5.41, 5.74) is 0.284. The molecule has 0 saturated heterocycles. The molecule has 2 heterocycles. The van der Waals surface area contributed by atoms with E-state index in [0.29, 0.717) is 16.9 Å². The van der Waals surface area contributed by atoms with Gasteiger partial charge in [0.15, 0.2) is 0 Å². The van der Waals surface area contributed by atoms with Crippen molar-refractivity contribution in [3.05, 3.63) is 77.6 Å². The molecule has 3 aromatic rings. The van der Waals surface area contributed by atoms with Gasteiger partial charge in [-0.05, 0) is 36.4 Å². The molecule has 0 fully saturated rings. The van der Waals surface area contributed by atoms with Crippen molar-refractivity contribution in [2.75, 3.05) is 5.32 Å². The summed E-state index contributed by atoms with van der Waals surface area (Å²) in [5.74, 6) is 0.707. The minimum atomic E-state index is -4.45. The summed E-state index contributed by atoms with van der Waals surface area (Å²) in [7, 11) is 0. The molecule has 0 saturated carbocycles. The molecule has 0 atom stereocenters. The first-order valence-electron chi connectivity index (χ1n) is 7.85. The first-order valence-corrected chi connectivity index (χ1v) is 7.85. The second-order valence-electron chi connectivity index (χ2n) is 5.49. The van der Waals surface area contributed by atoms with Gasteiger partial charge in [-0.1, -0.05) is 12.1 Å². The quantitative estimate of drug-likeness (QED) is 0.700. The number of alkyl halides is 3. The Hall–Kier alpha value is -3.60. The van der Waals surface area contributed by atoms with Gasteiger partial charge in [-0.15, -0.1) is 0 Å². The largest absolute Gasteiger partial charge is 0.439 e. The highest BCUT2D eigenvalue weighted by molar-refractivity contribution is 5.44. The number of anilines is 1. The fourth-order valence-electron chi connectivity index (χ4n) is 2.28. The SMILES string of the molecule is N#Cc1ccnc(NCc2cccnc2Oc2cccc(C(F)(F)F)c2)c1. The predicted octanol–water partition coefficient (Wildman–Crippen LogP) is 4.77. The van der Waals surface area contributed by atoms with Crippen LogP contribution in [-0.2, 0) is 12.7 Å². The summed E-state index contributed by atoms with van der Waals surface area (Å²) in [5, 5.41) is 12.0. The Morgan fingerprint density at radius 1 is 1.04 bits per heavy atom. The molecule has 5 nitrogen and oxygen atoms in total. The lowest BCUT2D eigenvalue weighted by Crippen LogP contribution is -2.06. The van der Waals surface area contributed by atoms with Gasteiger partial charge >= 0.3 is 6.18 Å². The first kappa shape index (κ1) is 18.2. The van der Waals surface area contributed by atoms with Gasteiger partial charge in [0.25, 0.3) is 0 Å². The van der Waals surface area contributed by atoms with Gasteiger partial charge in [0.1, 0.15) is 11.6 Å². The highest BCUT2D eigenvalue weighted by atomic mass is 19.4. The van der Waals surface area contributed by atoms with Crippen molar-refractivity contribution >= 4 is 5.82 Å². The molecular weight excluding hydrogens is 357 g/mol. The summed E-state index contributed by atoms with van der Waals surface area (Å²) in [6.45, 7) is 0.268. The second kappa shape index (κ2) is 7.74. The lowest BCUT2D eigenvalue weighted by molar-refractivity contribution is -0.137. The van der Waals surface area contributed by atoms with Gasteiger partial charge in [-0.2, -0.15) is 18.4 Å². The van der Waals surface area contributed by atoms with Crippen LogP contribution in [0.2, 0.25) is 0 Å². The molecule has 27 heavy (non-hydrogen) atoms. The van der Waals surface area contributed by atoms with E-state index in [0.717, 1.165) is 12.1 Å². The Kier molecular flexibility index (Phi) is 5.22. The number of ether oxygens (including phenoxy) is 1. The van der Waals surface area contributed by atoms with Gasteiger partial charge < -0.3 is 10.1 Å². The topological polar surface area (TPSA) is 70.8 Å². The zero-order valence-corrected chi connectivity index (χ0v) is 13.9. The second-order valence-corrected chi connectivity index (χ2v) is 5.49. The van der Waals surface area contributed by atoms with E-state index >= 15 is 0 Å². The Balaban J connectivity index is 1.77. The van der Waals surface area contributed by atoms with E-state index in [1.807, 2.05) is 6.07 Å². The smallest absolute Gasteiger partial charge is 0.416 e. The van der Waals surface area contributed by atoms with E-state index in [1.165, 1.54) is 24.5 Å². The normalized spacial score (nSPS) is 10.9. The molecule has 0 spiro atoms. The minimum Gasteiger partial charge on any atom is -0.439 e. The van der Waals surface area contributed by atoms with Crippen molar-refractivity contribution in [3.63, 3.8) is 0 Å². The Morgan fingerprint density at radius 2 is 1.89 bits per heavy atom. The van der Waals surface area contributed by atoms with Crippen molar-refractivity contribution < 1.29 is 17.9 Å². The standard InChI is InChI=1S/C19H13F3N4O/c20-19(21,22)15-4-1-5-16(10-15)27-18-14(3-2-7-25-18)12-26-17-9-13(11-23)6-8-24-17/h1-10H,12H2,(H,24,26). The Bertz CT molecular complexity index is 983. The van der Waals surface area contributed by atoms with Crippen molar-refractivity contribution in [2.24, 2.45) is 0 Å². The number of benzene rings is 1. The van der Waals surface area contributed by atoms with Gasteiger partial charge in [0.2, 0.25) is 5.88 Å². The molecule has 0 aliphatic heterocycles. The maximum Gasteiger partial charge on any atom is 0.416 e. The molecule has 0 radical (unpaired) electrons. The number of nitriles is 1. The van der Waals surface area contributed by atoms with Gasteiger partial charge in [-0.25, -0.2) is 9.97 Å². The van der Waals surface area contributed by atoms with Crippen LogP contribution in [0.1, 0.15) is 16.7 Å². The number of hydrogen-bond acceptors (Lipinski definition) is 5. The fourth-order valence-corrected chi connectivity index (χ4v) is 2.28. The maximum atomic E-state index is 12.8. The van der Waals surface area contributed by atoms with Crippen molar-refractivity contribution in [1.82, 2.24) is 9.97 Å². The van der Waals surface area contributed by atoms with E-state index in [2.05, 4.69) is 15.3 Å². The van der Waals surface area contributed by atoms with Crippen LogP contribution in [0.3, 0.4) is 0 Å². The number of halogens is 3. The Morgan fingerprint density at radius 3 is 2.67 bits per heavy atom. The summed E-state index contributed by atoms with van der Waals surface area (Å²) >= 11 is 0. The lowest BCUT2D eigenvalue weighted by Gasteiger charge is -2.12. The molecule has 8 heteroatoms. The molecule has 0 amide bonds. The molecule has 1 N–H and O–H groups in total. The van der Waals surface area contributed by atoms with Crippen LogP contribution in [-0.4, -0.2) is 9.97 Å². The molecule has 0 unspecified atom stereocenters. The van der Waals surface area contributed by atoms with E-state index in [-0.39, 0.29) is 18.2 Å². The third-order valence-corrected chi connectivity index (χ3v) is 3.57. The Labute approximate surface area is 153 Å². The minimum absolute atomic E-state index is 0.0365. The first-order chi connectivity index (χ1) is 13.0. The molecule has 2 aromatic heterocycles. The van der Waals surface area contributed by atoms with Crippen LogP contribution >= 0.6 is 0 Å². The summed E-state index contributed by atoms with van der Waals surface area (Å²) < 4.78 is 44.1. The molecule has 0 aliphatic carbocycles. The van der Waals surface area contributed by atoms with E-state index < -0.39 is 11.7 Å². The lowest BCUT2D eigenvalue weighted by atomic mass is 10.2. The van der Waals surface area contributed by atoms with Crippen LogP contribution < -0.4 is 10.1 Å². The highest BCUT2D eigenvalue weighted by Gasteiger charge is 2.30. The third kappa shape index (κ3) is 4.73. The van der Waals surface area contributed by atoms with Crippen molar-refractivity contribution in [1.29, 1.82) is 5.26 Å². The van der Waals surface area contributed by atoms with Crippen LogP contribution in [0.5, 0.6) is 11.6 Å². The molecule has 3 rings (SSSR count). The van der Waals surface area contributed by atoms with Crippen molar-refractivity contribution in [2.45, 2.75) is 12.7 Å². The van der Waals surface area contributed by atoms with Crippen LogP contribution in [0.15, 0.2) is 60.9 Å². The number of nitrogens with zero attached hydrogens (tertiary/aromatic N) is 3. The van der Waals surface area contributed by atoms with Crippen molar-refractivity contribution in [3.8, 4) is 17.7 Å². The highest BCUT2D eigenvalue weighted by Crippen LogP contribution is 2.33. The van der Waals surface area contributed by atoms with Crippen LogP contribution in [0.4, 0.5) is 19.0 Å². The fraction of sp³-hybridized carbons (Fsp3) is 0.105. The number of pyridine rings is 2.